The summed E-state index contributed by atoms with van der Waals surface area (Å²) in [6.07, 6.45) is 9.86. The van der Waals surface area contributed by atoms with Crippen molar-refractivity contribution in [2.45, 2.75) is 31.7 Å². The molecule has 136 valence electrons. The van der Waals surface area contributed by atoms with E-state index in [1.165, 1.54) is 12.8 Å². The van der Waals surface area contributed by atoms with Crippen molar-refractivity contribution < 1.29 is 4.79 Å². The molecule has 7 heteroatoms. The van der Waals surface area contributed by atoms with Crippen LogP contribution in [0.15, 0.2) is 36.8 Å². The first-order valence-electron chi connectivity index (χ1n) is 9.33. The molecule has 3 heterocycles. The van der Waals surface area contributed by atoms with Gasteiger partial charge in [0.1, 0.15) is 5.82 Å². The van der Waals surface area contributed by atoms with Crippen molar-refractivity contribution >= 4 is 17.7 Å². The van der Waals surface area contributed by atoms with Crippen molar-refractivity contribution in [2.75, 3.05) is 36.0 Å². The van der Waals surface area contributed by atoms with E-state index in [1.54, 1.807) is 24.7 Å². The fourth-order valence-electron chi connectivity index (χ4n) is 3.66. The average molecular weight is 352 g/mol. The number of hydrogen-bond donors (Lipinski definition) is 1. The van der Waals surface area contributed by atoms with Crippen molar-refractivity contribution in [2.24, 2.45) is 0 Å². The Morgan fingerprint density at radius 2 is 1.65 bits per heavy atom. The Bertz CT molecular complexity index is 739. The van der Waals surface area contributed by atoms with Crippen LogP contribution in [0.1, 0.15) is 36.0 Å². The standard InChI is InChI=1S/C19H24N6O/c26-18(23-16-4-1-2-5-16)15-6-9-20-17(14-15)24-10-12-25(13-11-24)19-21-7-3-8-22-19/h3,6-9,14,16H,1-2,4-5,10-13H2,(H,23,26). The summed E-state index contributed by atoms with van der Waals surface area (Å²) in [6, 6.07) is 5.85. The van der Waals surface area contributed by atoms with Crippen LogP contribution in [0.4, 0.5) is 11.8 Å². The number of carbonyl (C=O) groups excluding carboxylic acids is 1. The summed E-state index contributed by atoms with van der Waals surface area (Å²) >= 11 is 0. The van der Waals surface area contributed by atoms with Gasteiger partial charge < -0.3 is 15.1 Å². The number of hydrogen-bond acceptors (Lipinski definition) is 6. The van der Waals surface area contributed by atoms with E-state index in [9.17, 15) is 4.79 Å². The maximum Gasteiger partial charge on any atom is 0.251 e. The van der Waals surface area contributed by atoms with Crippen LogP contribution in [-0.2, 0) is 0 Å². The van der Waals surface area contributed by atoms with Crippen molar-refractivity contribution in [3.05, 3.63) is 42.4 Å². The van der Waals surface area contributed by atoms with Crippen LogP contribution in [0.2, 0.25) is 0 Å². The lowest BCUT2D eigenvalue weighted by Gasteiger charge is -2.35. The summed E-state index contributed by atoms with van der Waals surface area (Å²) < 4.78 is 0. The minimum Gasteiger partial charge on any atom is -0.353 e. The smallest absolute Gasteiger partial charge is 0.251 e. The summed E-state index contributed by atoms with van der Waals surface area (Å²) in [5, 5.41) is 3.14. The molecule has 1 aliphatic heterocycles. The number of anilines is 2. The SMILES string of the molecule is O=C(NC1CCCC1)c1ccnc(N2CCN(c3ncccn3)CC2)c1. The van der Waals surface area contributed by atoms with Gasteiger partial charge in [0.2, 0.25) is 5.95 Å². The van der Waals surface area contributed by atoms with E-state index in [2.05, 4.69) is 30.1 Å². The predicted molar refractivity (Wildman–Crippen MR) is 100 cm³/mol. The number of pyridine rings is 1. The Balaban J connectivity index is 1.38. The van der Waals surface area contributed by atoms with Crippen LogP contribution in [-0.4, -0.2) is 53.1 Å². The van der Waals surface area contributed by atoms with Gasteiger partial charge in [0.15, 0.2) is 0 Å². The molecular weight excluding hydrogens is 328 g/mol. The lowest BCUT2D eigenvalue weighted by atomic mass is 10.2. The van der Waals surface area contributed by atoms with E-state index in [0.29, 0.717) is 11.6 Å². The molecule has 0 atom stereocenters. The molecule has 2 fully saturated rings. The second kappa shape index (κ2) is 7.68. The maximum atomic E-state index is 12.5. The van der Waals surface area contributed by atoms with Crippen molar-refractivity contribution in [3.8, 4) is 0 Å². The summed E-state index contributed by atoms with van der Waals surface area (Å²) in [5.74, 6) is 1.64. The zero-order chi connectivity index (χ0) is 17.8. The normalized spacial score (nSPS) is 18.2. The molecule has 2 aliphatic rings. The van der Waals surface area contributed by atoms with Gasteiger partial charge in [0.05, 0.1) is 0 Å². The first kappa shape index (κ1) is 16.8. The highest BCUT2D eigenvalue weighted by atomic mass is 16.1. The minimum absolute atomic E-state index is 0.0110. The highest BCUT2D eigenvalue weighted by molar-refractivity contribution is 5.95. The predicted octanol–water partition coefficient (Wildman–Crippen LogP) is 1.87. The van der Waals surface area contributed by atoms with Gasteiger partial charge >= 0.3 is 0 Å². The van der Waals surface area contributed by atoms with Gasteiger partial charge in [-0.3, -0.25) is 4.79 Å². The molecule has 1 saturated heterocycles. The fraction of sp³-hybridized carbons (Fsp3) is 0.474. The third kappa shape index (κ3) is 3.76. The molecule has 2 aromatic rings. The van der Waals surface area contributed by atoms with Crippen molar-refractivity contribution in [1.29, 1.82) is 0 Å². The zero-order valence-corrected chi connectivity index (χ0v) is 14.8. The summed E-state index contributed by atoms with van der Waals surface area (Å²) in [6.45, 7) is 3.34. The quantitative estimate of drug-likeness (QED) is 0.905. The molecule has 0 unspecified atom stereocenters. The van der Waals surface area contributed by atoms with Crippen LogP contribution in [0.3, 0.4) is 0 Å². The van der Waals surface area contributed by atoms with Gasteiger partial charge in [0.25, 0.3) is 5.91 Å². The molecule has 0 aromatic carbocycles. The van der Waals surface area contributed by atoms with Gasteiger partial charge in [-0.1, -0.05) is 12.8 Å². The molecule has 26 heavy (non-hydrogen) atoms. The summed E-state index contributed by atoms with van der Waals surface area (Å²) in [4.78, 5) is 30.0. The molecule has 1 N–H and O–H groups in total. The number of carbonyl (C=O) groups is 1. The zero-order valence-electron chi connectivity index (χ0n) is 14.8. The van der Waals surface area contributed by atoms with E-state index in [1.807, 2.05) is 12.1 Å². The number of piperazine rings is 1. The van der Waals surface area contributed by atoms with E-state index < -0.39 is 0 Å². The van der Waals surface area contributed by atoms with Gasteiger partial charge in [0, 0.05) is 56.4 Å². The Labute approximate surface area is 153 Å². The van der Waals surface area contributed by atoms with E-state index >= 15 is 0 Å². The Morgan fingerprint density at radius 3 is 2.38 bits per heavy atom. The highest BCUT2D eigenvalue weighted by Crippen LogP contribution is 2.20. The molecular formula is C19H24N6O. The third-order valence-corrected chi connectivity index (χ3v) is 5.14. The second-order valence-electron chi connectivity index (χ2n) is 6.88. The number of amides is 1. The second-order valence-corrected chi connectivity index (χ2v) is 6.88. The Morgan fingerprint density at radius 1 is 0.962 bits per heavy atom. The van der Waals surface area contributed by atoms with Gasteiger partial charge in [-0.2, -0.15) is 0 Å². The maximum absolute atomic E-state index is 12.5. The molecule has 4 rings (SSSR count). The average Bonchev–Trinajstić information content (AvgIpc) is 3.22. The molecule has 1 aliphatic carbocycles. The van der Waals surface area contributed by atoms with Gasteiger partial charge in [-0.25, -0.2) is 15.0 Å². The molecule has 0 spiro atoms. The van der Waals surface area contributed by atoms with E-state index in [0.717, 1.165) is 50.8 Å². The highest BCUT2D eigenvalue weighted by Gasteiger charge is 2.22. The molecule has 7 nitrogen and oxygen atoms in total. The number of nitrogens with one attached hydrogen (secondary N) is 1. The third-order valence-electron chi connectivity index (χ3n) is 5.14. The molecule has 2 aromatic heterocycles. The number of nitrogens with zero attached hydrogens (tertiary/aromatic N) is 5. The van der Waals surface area contributed by atoms with Crippen molar-refractivity contribution in [3.63, 3.8) is 0 Å². The Kier molecular flexibility index (Phi) is 4.95. The van der Waals surface area contributed by atoms with Crippen LogP contribution < -0.4 is 15.1 Å². The summed E-state index contributed by atoms with van der Waals surface area (Å²) in [5.41, 5.74) is 0.690. The van der Waals surface area contributed by atoms with Gasteiger partial charge in [-0.15, -0.1) is 0 Å². The number of aromatic nitrogens is 3. The lowest BCUT2D eigenvalue weighted by Crippen LogP contribution is -2.47. The number of rotatable bonds is 4. The molecule has 0 radical (unpaired) electrons. The largest absolute Gasteiger partial charge is 0.353 e. The van der Waals surface area contributed by atoms with Crippen LogP contribution in [0.5, 0.6) is 0 Å². The van der Waals surface area contributed by atoms with E-state index in [4.69, 9.17) is 0 Å². The molecule has 1 amide bonds. The monoisotopic (exact) mass is 352 g/mol. The van der Waals surface area contributed by atoms with E-state index in [-0.39, 0.29) is 5.91 Å². The molecule has 1 saturated carbocycles. The minimum atomic E-state index is 0.0110. The Hall–Kier alpha value is -2.70. The van der Waals surface area contributed by atoms with Crippen LogP contribution in [0.25, 0.3) is 0 Å². The molecule has 0 bridgehead atoms. The fourth-order valence-corrected chi connectivity index (χ4v) is 3.66. The lowest BCUT2D eigenvalue weighted by molar-refractivity contribution is 0.0938. The first-order valence-corrected chi connectivity index (χ1v) is 9.33. The van der Waals surface area contributed by atoms with Gasteiger partial charge in [-0.05, 0) is 31.0 Å². The topological polar surface area (TPSA) is 74.2 Å². The van der Waals surface area contributed by atoms with Crippen molar-refractivity contribution in [1.82, 2.24) is 20.3 Å². The summed E-state index contributed by atoms with van der Waals surface area (Å²) in [7, 11) is 0. The first-order chi connectivity index (χ1) is 12.8. The van der Waals surface area contributed by atoms with Crippen LogP contribution in [0, 0.1) is 0 Å². The van der Waals surface area contributed by atoms with Crippen LogP contribution >= 0.6 is 0 Å².